The molecular weight excluding hydrogens is 701 g/mol. The van der Waals surface area contributed by atoms with Crippen LogP contribution in [0, 0.1) is 0 Å². The van der Waals surface area contributed by atoms with E-state index in [1.807, 2.05) is 60.7 Å². The number of hydrogen-bond donors (Lipinski definition) is 0. The third kappa shape index (κ3) is 4.94. The Morgan fingerprint density at radius 2 is 0.842 bits per heavy atom. The fourth-order valence-electron chi connectivity index (χ4n) is 8.52. The molecule has 0 fully saturated rings. The first kappa shape index (κ1) is 31.5. The van der Waals surface area contributed by atoms with Gasteiger partial charge in [0.05, 0.1) is 11.0 Å². The van der Waals surface area contributed by atoms with Crippen LogP contribution < -0.4 is 0 Å². The van der Waals surface area contributed by atoms with Crippen molar-refractivity contribution in [2.75, 3.05) is 0 Å². The molecular formula is C51H30N4O2. The van der Waals surface area contributed by atoms with Crippen LogP contribution in [0.1, 0.15) is 0 Å². The van der Waals surface area contributed by atoms with Crippen LogP contribution in [0.25, 0.3) is 117 Å². The zero-order valence-electron chi connectivity index (χ0n) is 30.4. The molecule has 12 rings (SSSR count). The molecule has 0 aliphatic rings. The number of fused-ring (bicyclic) bond motifs is 9. The molecule has 57 heavy (non-hydrogen) atoms. The Balaban J connectivity index is 1.05. The highest BCUT2D eigenvalue weighted by Gasteiger charge is 2.20. The molecule has 0 saturated carbocycles. The maximum absolute atomic E-state index is 6.56. The van der Waals surface area contributed by atoms with Crippen LogP contribution in [0.5, 0.6) is 0 Å². The van der Waals surface area contributed by atoms with E-state index in [1.165, 1.54) is 0 Å². The van der Waals surface area contributed by atoms with E-state index in [0.717, 1.165) is 99.1 Å². The average Bonchev–Trinajstić information content (AvgIpc) is 3.96. The second-order valence-electron chi connectivity index (χ2n) is 14.4. The smallest absolute Gasteiger partial charge is 0.238 e. The van der Waals surface area contributed by atoms with Crippen molar-refractivity contribution in [2.45, 2.75) is 0 Å². The first-order valence-corrected chi connectivity index (χ1v) is 19.0. The molecule has 0 saturated heterocycles. The maximum atomic E-state index is 6.56. The molecule has 0 aliphatic heterocycles. The van der Waals surface area contributed by atoms with Crippen molar-refractivity contribution >= 4 is 65.7 Å². The molecule has 12 aromatic rings. The summed E-state index contributed by atoms with van der Waals surface area (Å²) in [7, 11) is 0. The number of furan rings is 2. The van der Waals surface area contributed by atoms with Crippen LogP contribution in [-0.4, -0.2) is 19.5 Å². The van der Waals surface area contributed by atoms with Crippen LogP contribution in [0.2, 0.25) is 0 Å². The van der Waals surface area contributed by atoms with Gasteiger partial charge < -0.3 is 8.83 Å². The van der Waals surface area contributed by atoms with Crippen molar-refractivity contribution < 1.29 is 8.83 Å². The number of rotatable bonds is 5. The Hall–Kier alpha value is -7.83. The quantitative estimate of drug-likeness (QED) is 0.176. The number of para-hydroxylation sites is 3. The zero-order chi connectivity index (χ0) is 37.5. The highest BCUT2D eigenvalue weighted by Crippen LogP contribution is 2.43. The van der Waals surface area contributed by atoms with E-state index in [0.29, 0.717) is 17.6 Å². The first-order chi connectivity index (χ1) is 28.2. The van der Waals surface area contributed by atoms with Crippen molar-refractivity contribution in [1.29, 1.82) is 0 Å². The van der Waals surface area contributed by atoms with E-state index in [1.54, 1.807) is 0 Å². The van der Waals surface area contributed by atoms with Gasteiger partial charge in [0.15, 0.2) is 11.6 Å². The van der Waals surface area contributed by atoms with Gasteiger partial charge in [0.25, 0.3) is 0 Å². The van der Waals surface area contributed by atoms with Crippen LogP contribution in [0.4, 0.5) is 0 Å². The van der Waals surface area contributed by atoms with Gasteiger partial charge in [-0.1, -0.05) is 133 Å². The Labute approximate surface area is 325 Å². The van der Waals surface area contributed by atoms with E-state index in [-0.39, 0.29) is 0 Å². The summed E-state index contributed by atoms with van der Waals surface area (Å²) >= 11 is 0. The number of aromatic nitrogens is 4. The average molecular weight is 731 g/mol. The molecule has 0 radical (unpaired) electrons. The van der Waals surface area contributed by atoms with Crippen molar-refractivity contribution in [3.8, 4) is 51.0 Å². The molecule has 8 aromatic carbocycles. The van der Waals surface area contributed by atoms with Crippen molar-refractivity contribution in [3.63, 3.8) is 0 Å². The van der Waals surface area contributed by atoms with Gasteiger partial charge in [-0.3, -0.25) is 4.57 Å². The highest BCUT2D eigenvalue weighted by molar-refractivity contribution is 6.18. The molecule has 0 bridgehead atoms. The lowest BCUT2D eigenvalue weighted by atomic mass is 9.93. The van der Waals surface area contributed by atoms with Crippen LogP contribution in [-0.2, 0) is 0 Å². The van der Waals surface area contributed by atoms with Crippen molar-refractivity contribution in [1.82, 2.24) is 19.5 Å². The molecule has 0 atom stereocenters. The van der Waals surface area contributed by atoms with Gasteiger partial charge in [-0.25, -0.2) is 4.98 Å². The molecule has 0 unspecified atom stereocenters. The standard InChI is InChI=1S/C51H30N4O2/c1-2-13-31(14-3-1)49-52-50(54-51(53-49)55-41-22-7-4-17-37(41)38-18-5-8-23-42(38)55)34-16-10-15-32(29-34)35-20-11-25-44-47(35)48-36(21-12-26-45(48)57-44)33-27-28-40-39-19-6-9-24-43(39)56-46(40)30-33/h1-30H. The fourth-order valence-corrected chi connectivity index (χ4v) is 8.52. The van der Waals surface area contributed by atoms with Gasteiger partial charge in [-0.15, -0.1) is 0 Å². The van der Waals surface area contributed by atoms with Crippen molar-refractivity contribution in [2.24, 2.45) is 0 Å². The lowest BCUT2D eigenvalue weighted by Gasteiger charge is -2.12. The minimum atomic E-state index is 0.565. The van der Waals surface area contributed by atoms with E-state index in [2.05, 4.69) is 126 Å². The molecule has 4 aromatic heterocycles. The summed E-state index contributed by atoms with van der Waals surface area (Å²) < 4.78 is 15.0. The molecule has 0 aliphatic carbocycles. The highest BCUT2D eigenvalue weighted by atomic mass is 16.3. The number of hydrogen-bond acceptors (Lipinski definition) is 5. The second-order valence-corrected chi connectivity index (χ2v) is 14.4. The van der Waals surface area contributed by atoms with Gasteiger partial charge in [0.1, 0.15) is 22.3 Å². The summed E-state index contributed by atoms with van der Waals surface area (Å²) in [6.45, 7) is 0. The van der Waals surface area contributed by atoms with Gasteiger partial charge in [0.2, 0.25) is 5.95 Å². The minimum Gasteiger partial charge on any atom is -0.456 e. The molecule has 0 N–H and O–H groups in total. The zero-order valence-corrected chi connectivity index (χ0v) is 30.4. The summed E-state index contributed by atoms with van der Waals surface area (Å²) in [6, 6.07) is 62.6. The van der Waals surface area contributed by atoms with E-state index in [9.17, 15) is 0 Å². The van der Waals surface area contributed by atoms with Crippen LogP contribution >= 0.6 is 0 Å². The number of nitrogens with zero attached hydrogens (tertiary/aromatic N) is 4. The van der Waals surface area contributed by atoms with Gasteiger partial charge in [0, 0.05) is 43.4 Å². The largest absolute Gasteiger partial charge is 0.456 e. The maximum Gasteiger partial charge on any atom is 0.238 e. The van der Waals surface area contributed by atoms with Gasteiger partial charge in [-0.05, 0) is 70.8 Å². The second kappa shape index (κ2) is 12.3. The predicted molar refractivity (Wildman–Crippen MR) is 230 cm³/mol. The predicted octanol–water partition coefficient (Wildman–Crippen LogP) is 13.4. The van der Waals surface area contributed by atoms with E-state index in [4.69, 9.17) is 23.8 Å². The van der Waals surface area contributed by atoms with E-state index >= 15 is 0 Å². The normalized spacial score (nSPS) is 11.9. The summed E-state index contributed by atoms with van der Waals surface area (Å²) in [6.07, 6.45) is 0. The molecule has 6 heteroatoms. The molecule has 4 heterocycles. The Bertz CT molecular complexity index is 3490. The van der Waals surface area contributed by atoms with E-state index < -0.39 is 0 Å². The fraction of sp³-hybridized carbons (Fsp3) is 0. The van der Waals surface area contributed by atoms with Crippen LogP contribution in [0.15, 0.2) is 191 Å². The molecule has 266 valence electrons. The summed E-state index contributed by atoms with van der Waals surface area (Å²) in [4.78, 5) is 15.4. The molecule has 6 nitrogen and oxygen atoms in total. The first-order valence-electron chi connectivity index (χ1n) is 19.0. The topological polar surface area (TPSA) is 69.9 Å². The third-order valence-corrected chi connectivity index (χ3v) is 11.1. The molecule has 0 amide bonds. The lowest BCUT2D eigenvalue weighted by molar-refractivity contribution is 0.668. The molecule has 0 spiro atoms. The Morgan fingerprint density at radius 1 is 0.333 bits per heavy atom. The summed E-state index contributed by atoms with van der Waals surface area (Å²) in [5.74, 6) is 1.76. The Kier molecular flexibility index (Phi) is 6.83. The monoisotopic (exact) mass is 730 g/mol. The summed E-state index contributed by atoms with van der Waals surface area (Å²) in [5.41, 5.74) is 11.5. The number of benzene rings is 8. The lowest BCUT2D eigenvalue weighted by Crippen LogP contribution is -2.06. The van der Waals surface area contributed by atoms with Gasteiger partial charge in [-0.2, -0.15) is 9.97 Å². The van der Waals surface area contributed by atoms with Gasteiger partial charge >= 0.3 is 0 Å². The SMILES string of the molecule is c1ccc(-c2nc(-c3cccc(-c4cccc5oc6cccc(-c7ccc8c(c7)oc7ccccc78)c6c45)c3)nc(-n3c4ccccc4c4ccccc43)n2)cc1. The van der Waals surface area contributed by atoms with Crippen molar-refractivity contribution in [3.05, 3.63) is 182 Å². The Morgan fingerprint density at radius 3 is 1.56 bits per heavy atom. The summed E-state index contributed by atoms with van der Waals surface area (Å²) in [5, 5.41) is 6.63. The minimum absolute atomic E-state index is 0.565. The van der Waals surface area contributed by atoms with Crippen LogP contribution in [0.3, 0.4) is 0 Å². The third-order valence-electron chi connectivity index (χ3n) is 11.1.